The first-order valence-corrected chi connectivity index (χ1v) is 9.47. The van der Waals surface area contributed by atoms with Gasteiger partial charge < -0.3 is 15.4 Å². The zero-order valence-corrected chi connectivity index (χ0v) is 15.0. The van der Waals surface area contributed by atoms with E-state index >= 15 is 0 Å². The zero-order chi connectivity index (χ0) is 18.4. The second-order valence-electron chi connectivity index (χ2n) is 6.14. The van der Waals surface area contributed by atoms with Crippen LogP contribution in [0.1, 0.15) is 46.4 Å². The number of carbonyl (C=O) groups excluding carboxylic acids is 3. The van der Waals surface area contributed by atoms with Gasteiger partial charge in [-0.1, -0.05) is 25.0 Å². The molecule has 3 rings (SSSR count). The van der Waals surface area contributed by atoms with E-state index in [-0.39, 0.29) is 30.0 Å². The highest BCUT2D eigenvalue weighted by molar-refractivity contribution is 7.08. The molecule has 1 fully saturated rings. The lowest BCUT2D eigenvalue weighted by Crippen LogP contribution is -2.36. The largest absolute Gasteiger partial charge is 0.452 e. The summed E-state index contributed by atoms with van der Waals surface area (Å²) in [5, 5.41) is 9.10. The molecule has 0 radical (unpaired) electrons. The maximum atomic E-state index is 12.3. The minimum Gasteiger partial charge on any atom is -0.452 e. The lowest BCUT2D eigenvalue weighted by molar-refractivity contribution is -0.124. The third kappa shape index (κ3) is 4.70. The Morgan fingerprint density at radius 2 is 1.88 bits per heavy atom. The average Bonchev–Trinajstić information content (AvgIpc) is 3.34. The number of hydrogen-bond donors (Lipinski definition) is 2. The second kappa shape index (κ2) is 8.62. The van der Waals surface area contributed by atoms with Crippen molar-refractivity contribution in [1.29, 1.82) is 0 Å². The number of rotatable bonds is 6. The summed E-state index contributed by atoms with van der Waals surface area (Å²) in [5.41, 5.74) is 1.09. The monoisotopic (exact) mass is 372 g/mol. The SMILES string of the molecule is O=C(COC(=O)c1ccccc1NC(=O)c1ccsc1)NC1CCCC1. The number of benzene rings is 1. The molecule has 0 atom stereocenters. The Labute approximate surface area is 155 Å². The second-order valence-corrected chi connectivity index (χ2v) is 6.92. The van der Waals surface area contributed by atoms with E-state index in [1.54, 1.807) is 41.1 Å². The smallest absolute Gasteiger partial charge is 0.340 e. The van der Waals surface area contributed by atoms with E-state index in [0.29, 0.717) is 11.3 Å². The van der Waals surface area contributed by atoms with Gasteiger partial charge in [-0.2, -0.15) is 11.3 Å². The van der Waals surface area contributed by atoms with Crippen molar-refractivity contribution in [2.45, 2.75) is 31.7 Å². The van der Waals surface area contributed by atoms with Crippen molar-refractivity contribution in [1.82, 2.24) is 5.32 Å². The maximum absolute atomic E-state index is 12.3. The van der Waals surface area contributed by atoms with E-state index in [0.717, 1.165) is 25.7 Å². The van der Waals surface area contributed by atoms with Crippen molar-refractivity contribution < 1.29 is 19.1 Å². The molecule has 1 heterocycles. The first-order valence-electron chi connectivity index (χ1n) is 8.52. The Balaban J connectivity index is 1.58. The van der Waals surface area contributed by atoms with E-state index in [9.17, 15) is 14.4 Å². The van der Waals surface area contributed by atoms with Crippen molar-refractivity contribution in [3.05, 3.63) is 52.2 Å². The van der Waals surface area contributed by atoms with Crippen LogP contribution < -0.4 is 10.6 Å². The Morgan fingerprint density at radius 1 is 1.12 bits per heavy atom. The molecule has 136 valence electrons. The predicted octanol–water partition coefficient (Wildman–Crippen LogP) is 3.22. The molecule has 1 aromatic carbocycles. The molecule has 1 aromatic heterocycles. The molecule has 0 saturated heterocycles. The third-order valence-electron chi connectivity index (χ3n) is 4.23. The third-order valence-corrected chi connectivity index (χ3v) is 4.92. The molecular weight excluding hydrogens is 352 g/mol. The van der Waals surface area contributed by atoms with Crippen LogP contribution in [0.5, 0.6) is 0 Å². The maximum Gasteiger partial charge on any atom is 0.340 e. The number of hydrogen-bond acceptors (Lipinski definition) is 5. The summed E-state index contributed by atoms with van der Waals surface area (Å²) in [4.78, 5) is 36.4. The zero-order valence-electron chi connectivity index (χ0n) is 14.2. The molecule has 7 heteroatoms. The van der Waals surface area contributed by atoms with Gasteiger partial charge in [0.1, 0.15) is 0 Å². The molecule has 2 aromatic rings. The molecule has 2 N–H and O–H groups in total. The summed E-state index contributed by atoms with van der Waals surface area (Å²) >= 11 is 1.42. The normalized spacial score (nSPS) is 14.0. The van der Waals surface area contributed by atoms with Crippen molar-refractivity contribution in [2.75, 3.05) is 11.9 Å². The van der Waals surface area contributed by atoms with Crippen LogP contribution in [0.4, 0.5) is 5.69 Å². The molecule has 26 heavy (non-hydrogen) atoms. The van der Waals surface area contributed by atoms with Gasteiger partial charge in [0.2, 0.25) is 0 Å². The number of anilines is 1. The average molecular weight is 372 g/mol. The van der Waals surface area contributed by atoms with Gasteiger partial charge in [-0.3, -0.25) is 9.59 Å². The van der Waals surface area contributed by atoms with Crippen molar-refractivity contribution in [3.8, 4) is 0 Å². The van der Waals surface area contributed by atoms with Gasteiger partial charge in [-0.15, -0.1) is 0 Å². The lowest BCUT2D eigenvalue weighted by atomic mass is 10.1. The van der Waals surface area contributed by atoms with Crippen LogP contribution in [0.3, 0.4) is 0 Å². The van der Waals surface area contributed by atoms with E-state index in [4.69, 9.17) is 4.74 Å². The summed E-state index contributed by atoms with van der Waals surface area (Å²) in [7, 11) is 0. The van der Waals surface area contributed by atoms with Gasteiger partial charge in [-0.05, 0) is 36.4 Å². The number of para-hydroxylation sites is 1. The number of carbonyl (C=O) groups is 3. The fourth-order valence-electron chi connectivity index (χ4n) is 2.91. The first kappa shape index (κ1) is 18.1. The number of nitrogens with one attached hydrogen (secondary N) is 2. The molecule has 0 bridgehead atoms. The highest BCUT2D eigenvalue weighted by Crippen LogP contribution is 2.19. The fourth-order valence-corrected chi connectivity index (χ4v) is 3.54. The van der Waals surface area contributed by atoms with Crippen LogP contribution in [0.2, 0.25) is 0 Å². The number of ether oxygens (including phenoxy) is 1. The van der Waals surface area contributed by atoms with Gasteiger partial charge in [0, 0.05) is 11.4 Å². The van der Waals surface area contributed by atoms with Gasteiger partial charge in [0.15, 0.2) is 6.61 Å². The lowest BCUT2D eigenvalue weighted by Gasteiger charge is -2.13. The van der Waals surface area contributed by atoms with E-state index in [1.165, 1.54) is 11.3 Å². The van der Waals surface area contributed by atoms with Crippen LogP contribution in [-0.4, -0.2) is 30.4 Å². The molecule has 1 aliphatic rings. The van der Waals surface area contributed by atoms with Crippen LogP contribution >= 0.6 is 11.3 Å². The highest BCUT2D eigenvalue weighted by atomic mass is 32.1. The molecule has 0 spiro atoms. The molecule has 2 amide bonds. The Kier molecular flexibility index (Phi) is 6.01. The summed E-state index contributed by atoms with van der Waals surface area (Å²) in [5.74, 6) is -1.25. The molecule has 1 aliphatic carbocycles. The molecular formula is C19H20N2O4S. The minimum absolute atomic E-state index is 0.179. The Hall–Kier alpha value is -2.67. The first-order chi connectivity index (χ1) is 12.6. The van der Waals surface area contributed by atoms with E-state index < -0.39 is 5.97 Å². The number of thiophene rings is 1. The highest BCUT2D eigenvalue weighted by Gasteiger charge is 2.19. The number of esters is 1. The summed E-state index contributed by atoms with van der Waals surface area (Å²) in [6, 6.07) is 8.45. The van der Waals surface area contributed by atoms with Crippen molar-refractivity contribution >= 4 is 34.8 Å². The van der Waals surface area contributed by atoms with Crippen LogP contribution in [0.15, 0.2) is 41.1 Å². The van der Waals surface area contributed by atoms with Crippen LogP contribution in [0, 0.1) is 0 Å². The molecule has 0 aliphatic heterocycles. The number of amides is 2. The summed E-state index contributed by atoms with van der Waals surface area (Å²) < 4.78 is 5.11. The standard InChI is InChI=1S/C19H20N2O4S/c22-17(20-14-5-1-2-6-14)11-25-19(24)15-7-3-4-8-16(15)21-18(23)13-9-10-26-12-13/h3-4,7-10,12,14H,1-2,5-6,11H2,(H,20,22)(H,21,23). The van der Waals surface area contributed by atoms with E-state index in [1.807, 2.05) is 0 Å². The Bertz CT molecular complexity index is 783. The quantitative estimate of drug-likeness (QED) is 0.763. The Morgan fingerprint density at radius 3 is 2.62 bits per heavy atom. The van der Waals surface area contributed by atoms with Crippen molar-refractivity contribution in [2.24, 2.45) is 0 Å². The van der Waals surface area contributed by atoms with Crippen molar-refractivity contribution in [3.63, 3.8) is 0 Å². The van der Waals surface area contributed by atoms with Gasteiger partial charge in [0.05, 0.1) is 16.8 Å². The fraction of sp³-hybridized carbons (Fsp3) is 0.316. The minimum atomic E-state index is -0.646. The molecule has 6 nitrogen and oxygen atoms in total. The van der Waals surface area contributed by atoms with Crippen LogP contribution in [-0.2, 0) is 9.53 Å². The summed E-state index contributed by atoms with van der Waals surface area (Å²) in [6.07, 6.45) is 4.16. The summed E-state index contributed by atoms with van der Waals surface area (Å²) in [6.45, 7) is -0.331. The topological polar surface area (TPSA) is 84.5 Å². The van der Waals surface area contributed by atoms with Gasteiger partial charge in [0.25, 0.3) is 11.8 Å². The van der Waals surface area contributed by atoms with Crippen LogP contribution in [0.25, 0.3) is 0 Å². The predicted molar refractivity (Wildman–Crippen MR) is 99.4 cm³/mol. The van der Waals surface area contributed by atoms with E-state index in [2.05, 4.69) is 10.6 Å². The molecule has 0 unspecified atom stereocenters. The molecule has 1 saturated carbocycles. The van der Waals surface area contributed by atoms with Gasteiger partial charge >= 0.3 is 5.97 Å². The van der Waals surface area contributed by atoms with Gasteiger partial charge in [-0.25, -0.2) is 4.79 Å².